The number of likely N-dealkylation sites (tertiary alicyclic amines) is 1. The highest BCUT2D eigenvalue weighted by Gasteiger charge is 2.38. The number of piperidine rings is 1. The summed E-state index contributed by atoms with van der Waals surface area (Å²) in [5.74, 6) is 0.167. The number of benzene rings is 1. The number of carbonyl (C=O) groups is 1. The minimum absolute atomic E-state index is 0.167. The van der Waals surface area contributed by atoms with Crippen LogP contribution in [0.15, 0.2) is 28.8 Å². The van der Waals surface area contributed by atoms with E-state index in [2.05, 4.69) is 10.5 Å². The summed E-state index contributed by atoms with van der Waals surface area (Å²) < 4.78 is 5.28. The predicted octanol–water partition coefficient (Wildman–Crippen LogP) is 1.97. The largest absolute Gasteiger partial charge is 0.356 e. The van der Waals surface area contributed by atoms with Crippen molar-refractivity contribution in [3.05, 3.63) is 30.0 Å². The van der Waals surface area contributed by atoms with E-state index < -0.39 is 0 Å². The third kappa shape index (κ3) is 2.39. The summed E-state index contributed by atoms with van der Waals surface area (Å²) in [6.07, 6.45) is 3.82. The zero-order valence-electron chi connectivity index (χ0n) is 12.7. The molecule has 1 aromatic carbocycles. The summed E-state index contributed by atoms with van der Waals surface area (Å²) in [4.78, 5) is 14.5. The maximum Gasteiger partial charge on any atom is 0.228 e. The van der Waals surface area contributed by atoms with Crippen LogP contribution in [-0.2, 0) is 11.2 Å². The summed E-state index contributed by atoms with van der Waals surface area (Å²) >= 11 is 0. The molecule has 0 bridgehead atoms. The van der Waals surface area contributed by atoms with Crippen LogP contribution in [0.4, 0.5) is 0 Å². The number of hydrogen-bond donors (Lipinski definition) is 1. The van der Waals surface area contributed by atoms with Gasteiger partial charge in [0.2, 0.25) is 5.91 Å². The number of carbonyl (C=O) groups excluding carboxylic acids is 1. The van der Waals surface area contributed by atoms with Crippen LogP contribution in [0.5, 0.6) is 0 Å². The SMILES string of the molecule is O=C(Cc1noc2ccccc12)N1CCC2(CCNC2)CC1. The highest BCUT2D eigenvalue weighted by atomic mass is 16.5. The second kappa shape index (κ2) is 5.39. The molecule has 2 saturated heterocycles. The van der Waals surface area contributed by atoms with Crippen LogP contribution in [0.25, 0.3) is 11.0 Å². The van der Waals surface area contributed by atoms with Crippen LogP contribution >= 0.6 is 0 Å². The molecule has 0 radical (unpaired) electrons. The van der Waals surface area contributed by atoms with Crippen molar-refractivity contribution < 1.29 is 9.32 Å². The van der Waals surface area contributed by atoms with E-state index in [1.165, 1.54) is 6.42 Å². The van der Waals surface area contributed by atoms with E-state index in [1.807, 2.05) is 29.2 Å². The van der Waals surface area contributed by atoms with Crippen molar-refractivity contribution in [3.8, 4) is 0 Å². The molecule has 0 atom stereocenters. The van der Waals surface area contributed by atoms with Gasteiger partial charge in [0, 0.05) is 25.0 Å². The smallest absolute Gasteiger partial charge is 0.228 e. The molecule has 1 aromatic heterocycles. The van der Waals surface area contributed by atoms with E-state index >= 15 is 0 Å². The summed E-state index contributed by atoms with van der Waals surface area (Å²) in [5, 5.41) is 8.47. The van der Waals surface area contributed by atoms with Crippen molar-refractivity contribution in [3.63, 3.8) is 0 Å². The lowest BCUT2D eigenvalue weighted by Gasteiger charge is -2.38. The summed E-state index contributed by atoms with van der Waals surface area (Å²) in [6, 6.07) is 7.71. The van der Waals surface area contributed by atoms with Gasteiger partial charge in [0.15, 0.2) is 5.58 Å². The normalized spacial score (nSPS) is 20.8. The Morgan fingerprint density at radius 2 is 2.09 bits per heavy atom. The van der Waals surface area contributed by atoms with Crippen LogP contribution in [0.1, 0.15) is 25.0 Å². The minimum Gasteiger partial charge on any atom is -0.356 e. The lowest BCUT2D eigenvalue weighted by molar-refractivity contribution is -0.132. The van der Waals surface area contributed by atoms with Gasteiger partial charge in [0.05, 0.1) is 6.42 Å². The fourth-order valence-electron chi connectivity index (χ4n) is 3.77. The maximum atomic E-state index is 12.5. The van der Waals surface area contributed by atoms with Crippen LogP contribution in [0.2, 0.25) is 0 Å². The first-order chi connectivity index (χ1) is 10.8. The molecule has 5 nitrogen and oxygen atoms in total. The van der Waals surface area contributed by atoms with E-state index in [0.29, 0.717) is 11.8 Å². The van der Waals surface area contributed by atoms with Gasteiger partial charge in [0.25, 0.3) is 0 Å². The fraction of sp³-hybridized carbons (Fsp3) is 0.529. The fourth-order valence-corrected chi connectivity index (χ4v) is 3.77. The predicted molar refractivity (Wildman–Crippen MR) is 83.4 cm³/mol. The lowest BCUT2D eigenvalue weighted by atomic mass is 9.78. The van der Waals surface area contributed by atoms with Crippen LogP contribution in [0.3, 0.4) is 0 Å². The van der Waals surface area contributed by atoms with Crippen molar-refractivity contribution >= 4 is 16.9 Å². The highest BCUT2D eigenvalue weighted by Crippen LogP contribution is 2.37. The van der Waals surface area contributed by atoms with Crippen LogP contribution < -0.4 is 5.32 Å². The first-order valence-corrected chi connectivity index (χ1v) is 8.08. The van der Waals surface area contributed by atoms with E-state index in [1.54, 1.807) is 0 Å². The molecule has 3 heterocycles. The Kier molecular flexibility index (Phi) is 3.37. The molecule has 2 aliphatic heterocycles. The molecule has 0 unspecified atom stereocenters. The summed E-state index contributed by atoms with van der Waals surface area (Å²) in [7, 11) is 0. The Morgan fingerprint density at radius 1 is 1.27 bits per heavy atom. The number of aromatic nitrogens is 1. The van der Waals surface area contributed by atoms with Crippen molar-refractivity contribution in [2.45, 2.75) is 25.7 Å². The number of rotatable bonds is 2. The van der Waals surface area contributed by atoms with Crippen LogP contribution in [-0.4, -0.2) is 42.1 Å². The zero-order valence-corrected chi connectivity index (χ0v) is 12.7. The standard InChI is InChI=1S/C17H21N3O2/c21-16(11-14-13-3-1-2-4-15(13)22-19-14)20-9-6-17(7-10-20)5-8-18-12-17/h1-4,18H,5-12H2. The second-order valence-electron chi connectivity index (χ2n) is 6.61. The van der Waals surface area contributed by atoms with Crippen molar-refractivity contribution in [1.82, 2.24) is 15.4 Å². The Balaban J connectivity index is 1.42. The number of para-hydroxylation sites is 1. The van der Waals surface area contributed by atoms with Crippen molar-refractivity contribution in [2.75, 3.05) is 26.2 Å². The van der Waals surface area contributed by atoms with Crippen molar-refractivity contribution in [1.29, 1.82) is 0 Å². The molecule has 5 heteroatoms. The van der Waals surface area contributed by atoms with Gasteiger partial charge in [0.1, 0.15) is 5.69 Å². The van der Waals surface area contributed by atoms with Gasteiger partial charge in [-0.1, -0.05) is 17.3 Å². The van der Waals surface area contributed by atoms with Gasteiger partial charge >= 0.3 is 0 Å². The van der Waals surface area contributed by atoms with E-state index in [4.69, 9.17) is 4.52 Å². The average molecular weight is 299 g/mol. The third-order valence-electron chi connectivity index (χ3n) is 5.28. The number of hydrogen-bond acceptors (Lipinski definition) is 4. The third-order valence-corrected chi connectivity index (χ3v) is 5.28. The molecular weight excluding hydrogens is 278 g/mol. The highest BCUT2D eigenvalue weighted by molar-refractivity contribution is 5.86. The van der Waals surface area contributed by atoms with Crippen molar-refractivity contribution in [2.24, 2.45) is 5.41 Å². The summed E-state index contributed by atoms with van der Waals surface area (Å²) in [6.45, 7) is 3.98. The van der Waals surface area contributed by atoms with Gasteiger partial charge in [-0.15, -0.1) is 0 Å². The zero-order chi connectivity index (χ0) is 15.0. The second-order valence-corrected chi connectivity index (χ2v) is 6.61. The molecule has 2 aromatic rings. The molecule has 4 rings (SSSR count). The molecule has 116 valence electrons. The number of fused-ring (bicyclic) bond motifs is 1. The number of nitrogens with zero attached hydrogens (tertiary/aromatic N) is 2. The molecule has 2 aliphatic rings. The number of nitrogens with one attached hydrogen (secondary N) is 1. The molecular formula is C17H21N3O2. The van der Waals surface area contributed by atoms with Gasteiger partial charge < -0.3 is 14.7 Å². The quantitative estimate of drug-likeness (QED) is 0.921. The summed E-state index contributed by atoms with van der Waals surface area (Å²) in [5.41, 5.74) is 1.94. The van der Waals surface area contributed by atoms with E-state index in [-0.39, 0.29) is 5.91 Å². The number of amides is 1. The van der Waals surface area contributed by atoms with Gasteiger partial charge in [-0.25, -0.2) is 0 Å². The Labute approximate surface area is 129 Å². The first-order valence-electron chi connectivity index (χ1n) is 8.08. The molecule has 2 fully saturated rings. The molecule has 1 spiro atoms. The van der Waals surface area contributed by atoms with Gasteiger partial charge in [-0.3, -0.25) is 4.79 Å². The molecule has 1 amide bonds. The Morgan fingerprint density at radius 3 is 2.86 bits per heavy atom. The molecule has 22 heavy (non-hydrogen) atoms. The van der Waals surface area contributed by atoms with E-state index in [0.717, 1.165) is 55.7 Å². The Bertz CT molecular complexity index is 678. The van der Waals surface area contributed by atoms with E-state index in [9.17, 15) is 4.79 Å². The monoisotopic (exact) mass is 299 g/mol. The van der Waals surface area contributed by atoms with Gasteiger partial charge in [-0.05, 0) is 43.4 Å². The minimum atomic E-state index is 0.167. The van der Waals surface area contributed by atoms with Crippen LogP contribution in [0, 0.1) is 5.41 Å². The van der Waals surface area contributed by atoms with Gasteiger partial charge in [-0.2, -0.15) is 0 Å². The molecule has 0 saturated carbocycles. The Hall–Kier alpha value is -1.88. The first kappa shape index (κ1) is 13.8. The maximum absolute atomic E-state index is 12.5. The molecule has 0 aliphatic carbocycles. The lowest BCUT2D eigenvalue weighted by Crippen LogP contribution is -2.44. The average Bonchev–Trinajstić information content (AvgIpc) is 3.16. The topological polar surface area (TPSA) is 58.4 Å². The molecule has 1 N–H and O–H groups in total.